The Morgan fingerprint density at radius 2 is 2.18 bits per heavy atom. The maximum atomic E-state index is 5.52. The zero-order valence-corrected chi connectivity index (χ0v) is 6.50. The lowest BCUT2D eigenvalue weighted by molar-refractivity contribution is 0.445. The zero-order chi connectivity index (χ0) is 7.68. The highest BCUT2D eigenvalue weighted by atomic mass is 16.5. The normalized spacial score (nSPS) is 18.1. The second kappa shape index (κ2) is 2.42. The predicted octanol–water partition coefficient (Wildman–Crippen LogP) is 2.53. The van der Waals surface area contributed by atoms with Gasteiger partial charge < -0.3 is 4.74 Å². The van der Waals surface area contributed by atoms with Gasteiger partial charge in [0.1, 0.15) is 11.5 Å². The van der Waals surface area contributed by atoms with E-state index in [0.29, 0.717) is 0 Å². The van der Waals surface area contributed by atoms with Gasteiger partial charge in [0.15, 0.2) is 0 Å². The molecule has 0 spiro atoms. The van der Waals surface area contributed by atoms with Gasteiger partial charge in [-0.05, 0) is 19.1 Å². The van der Waals surface area contributed by atoms with Crippen LogP contribution in [0.4, 0.5) is 0 Å². The number of fused-ring (bicyclic) bond motifs is 1. The van der Waals surface area contributed by atoms with Crippen molar-refractivity contribution in [3.63, 3.8) is 0 Å². The van der Waals surface area contributed by atoms with E-state index in [1.807, 2.05) is 31.2 Å². The summed E-state index contributed by atoms with van der Waals surface area (Å²) in [7, 11) is 0. The van der Waals surface area contributed by atoms with Gasteiger partial charge in [-0.15, -0.1) is 0 Å². The second-order valence-corrected chi connectivity index (χ2v) is 2.64. The number of hydrogen-bond donors (Lipinski definition) is 0. The lowest BCUT2D eigenvalue weighted by atomic mass is 10.1. The number of benzene rings is 1. The SMILES string of the molecule is C/C=C1\Cc2ccccc2O1. The van der Waals surface area contributed by atoms with Crippen LogP contribution in [0, 0.1) is 0 Å². The molecule has 0 saturated carbocycles. The number of hydrogen-bond acceptors (Lipinski definition) is 1. The van der Waals surface area contributed by atoms with E-state index < -0.39 is 0 Å². The van der Waals surface area contributed by atoms with Crippen molar-refractivity contribution in [2.45, 2.75) is 13.3 Å². The van der Waals surface area contributed by atoms with Crippen molar-refractivity contribution < 1.29 is 4.74 Å². The van der Waals surface area contributed by atoms with Crippen LogP contribution in [0.2, 0.25) is 0 Å². The Balaban J connectivity index is 2.41. The first-order valence-corrected chi connectivity index (χ1v) is 3.81. The highest BCUT2D eigenvalue weighted by Crippen LogP contribution is 2.29. The van der Waals surface area contributed by atoms with Crippen molar-refractivity contribution in [1.82, 2.24) is 0 Å². The highest BCUT2D eigenvalue weighted by molar-refractivity contribution is 5.41. The fraction of sp³-hybridized carbons (Fsp3) is 0.200. The molecule has 0 unspecified atom stereocenters. The van der Waals surface area contributed by atoms with Gasteiger partial charge in [0, 0.05) is 12.0 Å². The third kappa shape index (κ3) is 1.03. The molecule has 2 rings (SSSR count). The number of ether oxygens (including phenoxy) is 1. The summed E-state index contributed by atoms with van der Waals surface area (Å²) in [5, 5.41) is 0. The molecule has 1 aliphatic rings. The summed E-state index contributed by atoms with van der Waals surface area (Å²) < 4.78 is 5.52. The molecule has 1 aromatic carbocycles. The molecule has 0 atom stereocenters. The maximum absolute atomic E-state index is 5.52. The Bertz CT molecular complexity index is 272. The van der Waals surface area contributed by atoms with E-state index in [1.165, 1.54) is 5.56 Å². The summed E-state index contributed by atoms with van der Waals surface area (Å²) in [4.78, 5) is 0. The standard InChI is InChI=1S/C10H10O/c1-2-9-7-8-5-3-4-6-10(8)11-9/h2-6H,7H2,1H3/b9-2+. The van der Waals surface area contributed by atoms with Crippen LogP contribution in [-0.2, 0) is 6.42 Å². The predicted molar refractivity (Wildman–Crippen MR) is 44.5 cm³/mol. The molecule has 1 nitrogen and oxygen atoms in total. The molecule has 0 bridgehead atoms. The van der Waals surface area contributed by atoms with Crippen molar-refractivity contribution in [3.8, 4) is 5.75 Å². The van der Waals surface area contributed by atoms with Gasteiger partial charge in [-0.1, -0.05) is 18.2 Å². The molecule has 0 amide bonds. The summed E-state index contributed by atoms with van der Waals surface area (Å²) >= 11 is 0. The van der Waals surface area contributed by atoms with Gasteiger partial charge in [0.25, 0.3) is 0 Å². The second-order valence-electron chi connectivity index (χ2n) is 2.64. The highest BCUT2D eigenvalue weighted by Gasteiger charge is 2.14. The van der Waals surface area contributed by atoms with E-state index in [9.17, 15) is 0 Å². The Morgan fingerprint density at radius 3 is 2.91 bits per heavy atom. The summed E-state index contributed by atoms with van der Waals surface area (Å²) in [6.07, 6.45) is 2.96. The van der Waals surface area contributed by atoms with Gasteiger partial charge >= 0.3 is 0 Å². The van der Waals surface area contributed by atoms with Gasteiger partial charge in [-0.2, -0.15) is 0 Å². The van der Waals surface area contributed by atoms with Gasteiger partial charge in [-0.25, -0.2) is 0 Å². The van der Waals surface area contributed by atoms with Crippen LogP contribution in [0.1, 0.15) is 12.5 Å². The van der Waals surface area contributed by atoms with Crippen LogP contribution < -0.4 is 4.74 Å². The fourth-order valence-electron chi connectivity index (χ4n) is 1.28. The van der Waals surface area contributed by atoms with Crippen LogP contribution in [0.15, 0.2) is 36.1 Å². The molecule has 1 aromatic rings. The molecule has 0 fully saturated rings. The minimum Gasteiger partial charge on any atom is -0.461 e. The van der Waals surface area contributed by atoms with E-state index >= 15 is 0 Å². The van der Waals surface area contributed by atoms with E-state index in [-0.39, 0.29) is 0 Å². The quantitative estimate of drug-likeness (QED) is 0.546. The Morgan fingerprint density at radius 1 is 1.36 bits per heavy atom. The molecule has 56 valence electrons. The van der Waals surface area contributed by atoms with Crippen molar-refractivity contribution in [2.24, 2.45) is 0 Å². The first kappa shape index (κ1) is 6.47. The molecule has 0 aromatic heterocycles. The van der Waals surface area contributed by atoms with Crippen LogP contribution in [-0.4, -0.2) is 0 Å². The number of para-hydroxylation sites is 1. The van der Waals surface area contributed by atoms with Crippen LogP contribution in [0.5, 0.6) is 5.75 Å². The van der Waals surface area contributed by atoms with E-state index in [4.69, 9.17) is 4.74 Å². The molecular formula is C10H10O. The average Bonchev–Trinajstić information content (AvgIpc) is 2.46. The van der Waals surface area contributed by atoms with Crippen LogP contribution in [0.25, 0.3) is 0 Å². The summed E-state index contributed by atoms with van der Waals surface area (Å²) in [5.41, 5.74) is 1.29. The number of allylic oxidation sites excluding steroid dienone is 2. The molecule has 0 N–H and O–H groups in total. The summed E-state index contributed by atoms with van der Waals surface area (Å²) in [5.74, 6) is 2.08. The summed E-state index contributed by atoms with van der Waals surface area (Å²) in [6.45, 7) is 2.00. The van der Waals surface area contributed by atoms with Gasteiger partial charge in [0.2, 0.25) is 0 Å². The molecule has 1 heteroatoms. The Hall–Kier alpha value is -1.24. The third-order valence-corrected chi connectivity index (χ3v) is 1.90. The molecule has 0 saturated heterocycles. The fourth-order valence-corrected chi connectivity index (χ4v) is 1.28. The molecule has 0 aliphatic carbocycles. The largest absolute Gasteiger partial charge is 0.461 e. The summed E-state index contributed by atoms with van der Waals surface area (Å²) in [6, 6.07) is 8.15. The van der Waals surface area contributed by atoms with Crippen LogP contribution in [0.3, 0.4) is 0 Å². The van der Waals surface area contributed by atoms with E-state index in [2.05, 4.69) is 6.07 Å². The van der Waals surface area contributed by atoms with Crippen molar-refractivity contribution in [1.29, 1.82) is 0 Å². The minimum absolute atomic E-state index is 0.951. The van der Waals surface area contributed by atoms with Crippen molar-refractivity contribution >= 4 is 0 Å². The smallest absolute Gasteiger partial charge is 0.130 e. The topological polar surface area (TPSA) is 9.23 Å². The zero-order valence-electron chi connectivity index (χ0n) is 6.50. The maximum Gasteiger partial charge on any atom is 0.130 e. The lowest BCUT2D eigenvalue weighted by Gasteiger charge is -1.95. The van der Waals surface area contributed by atoms with E-state index in [0.717, 1.165) is 17.9 Å². The minimum atomic E-state index is 0.951. The number of rotatable bonds is 0. The monoisotopic (exact) mass is 146 g/mol. The molecule has 1 heterocycles. The molecule has 0 radical (unpaired) electrons. The van der Waals surface area contributed by atoms with Gasteiger partial charge in [0.05, 0.1) is 0 Å². The lowest BCUT2D eigenvalue weighted by Crippen LogP contribution is -1.84. The van der Waals surface area contributed by atoms with Gasteiger partial charge in [-0.3, -0.25) is 0 Å². The Kier molecular flexibility index (Phi) is 1.42. The Labute approximate surface area is 66.3 Å². The molecular weight excluding hydrogens is 136 g/mol. The first-order valence-electron chi connectivity index (χ1n) is 3.81. The van der Waals surface area contributed by atoms with Crippen molar-refractivity contribution in [2.75, 3.05) is 0 Å². The van der Waals surface area contributed by atoms with Crippen molar-refractivity contribution in [3.05, 3.63) is 41.7 Å². The first-order chi connectivity index (χ1) is 5.40. The average molecular weight is 146 g/mol. The molecule has 1 aliphatic heterocycles. The molecule has 11 heavy (non-hydrogen) atoms. The van der Waals surface area contributed by atoms with Crippen LogP contribution >= 0.6 is 0 Å². The third-order valence-electron chi connectivity index (χ3n) is 1.90. The van der Waals surface area contributed by atoms with E-state index in [1.54, 1.807) is 0 Å².